The zero-order valence-corrected chi connectivity index (χ0v) is 10.00. The molecular weight excluding hydrogens is 254 g/mol. The van der Waals surface area contributed by atoms with Crippen LogP contribution in [0.2, 0.25) is 0 Å². The molecule has 0 radical (unpaired) electrons. The molecule has 1 amide bonds. The van der Waals surface area contributed by atoms with E-state index in [2.05, 4.69) is 10.1 Å². The molecule has 1 aromatic rings. The topological polar surface area (TPSA) is 117 Å². The van der Waals surface area contributed by atoms with Gasteiger partial charge in [-0.15, -0.1) is 0 Å². The number of rotatable bonds is 3. The largest absolute Gasteiger partial charge is 0.410 e. The van der Waals surface area contributed by atoms with Crippen molar-refractivity contribution in [3.05, 3.63) is 33.9 Å². The van der Waals surface area contributed by atoms with E-state index in [4.69, 9.17) is 10.5 Å². The maximum atomic E-state index is 10.8. The number of nitrogens with two attached hydrogens (primary N) is 1. The first kappa shape index (κ1) is 13.2. The highest BCUT2D eigenvalue weighted by atomic mass is 16.6. The maximum Gasteiger partial charge on any atom is 0.410 e. The maximum absolute atomic E-state index is 10.8. The van der Waals surface area contributed by atoms with Crippen molar-refractivity contribution in [3.63, 3.8) is 0 Å². The Morgan fingerprint density at radius 1 is 1.58 bits per heavy atom. The quantitative estimate of drug-likeness (QED) is 0.615. The van der Waals surface area contributed by atoms with Crippen LogP contribution in [0.5, 0.6) is 5.75 Å². The molecule has 8 heteroatoms. The van der Waals surface area contributed by atoms with Gasteiger partial charge in [-0.05, 0) is 17.7 Å². The summed E-state index contributed by atoms with van der Waals surface area (Å²) in [6, 6.07) is 4.25. The fraction of sp³-hybridized carbons (Fsp3) is 0.364. The average Bonchev–Trinajstić information content (AvgIpc) is 2.38. The van der Waals surface area contributed by atoms with Gasteiger partial charge in [-0.2, -0.15) is 0 Å². The van der Waals surface area contributed by atoms with E-state index in [1.807, 2.05) is 0 Å². The number of hydrogen-bond donors (Lipinski definition) is 2. The third-order valence-corrected chi connectivity index (χ3v) is 2.69. The molecule has 2 rings (SSSR count). The van der Waals surface area contributed by atoms with Crippen molar-refractivity contribution in [2.24, 2.45) is 5.73 Å². The number of benzene rings is 1. The Labute approximate surface area is 108 Å². The number of amides is 1. The second-order valence-corrected chi connectivity index (χ2v) is 3.97. The van der Waals surface area contributed by atoms with Gasteiger partial charge in [-0.25, -0.2) is 4.79 Å². The third-order valence-electron chi connectivity index (χ3n) is 2.69. The van der Waals surface area contributed by atoms with Gasteiger partial charge in [0.25, 0.3) is 0 Å². The number of carbonyl (C=O) groups excluding carboxylic acids is 1. The van der Waals surface area contributed by atoms with Crippen LogP contribution >= 0.6 is 0 Å². The molecule has 0 spiro atoms. The SMILES string of the molecule is NC(=O)Oc1cc(C2CNCCO2)ccc1[N+](=O)[O-]. The molecule has 1 aliphatic heterocycles. The Hall–Kier alpha value is -2.19. The molecule has 0 aromatic heterocycles. The third kappa shape index (κ3) is 3.18. The fourth-order valence-corrected chi connectivity index (χ4v) is 1.85. The Kier molecular flexibility index (Phi) is 3.93. The molecule has 19 heavy (non-hydrogen) atoms. The summed E-state index contributed by atoms with van der Waals surface area (Å²) < 4.78 is 10.2. The number of morpholine rings is 1. The van der Waals surface area contributed by atoms with Gasteiger partial charge < -0.3 is 20.5 Å². The number of hydrogen-bond acceptors (Lipinski definition) is 6. The number of nitro groups is 1. The highest BCUT2D eigenvalue weighted by Crippen LogP contribution is 2.31. The predicted octanol–water partition coefficient (Wildman–Crippen LogP) is 0.713. The Balaban J connectivity index is 2.31. The first-order valence-corrected chi connectivity index (χ1v) is 5.66. The highest BCUT2D eigenvalue weighted by molar-refractivity contribution is 5.70. The van der Waals surface area contributed by atoms with Crippen LogP contribution in [0.3, 0.4) is 0 Å². The van der Waals surface area contributed by atoms with Crippen molar-refractivity contribution in [2.45, 2.75) is 6.10 Å². The second kappa shape index (κ2) is 5.63. The zero-order chi connectivity index (χ0) is 13.8. The van der Waals surface area contributed by atoms with E-state index >= 15 is 0 Å². The molecule has 1 unspecified atom stereocenters. The van der Waals surface area contributed by atoms with Crippen LogP contribution in [0.4, 0.5) is 10.5 Å². The summed E-state index contributed by atoms with van der Waals surface area (Å²) in [6.45, 7) is 1.90. The number of carbonyl (C=O) groups is 1. The van der Waals surface area contributed by atoms with Crippen LogP contribution in [0.1, 0.15) is 11.7 Å². The number of nitrogens with zero attached hydrogens (tertiary/aromatic N) is 1. The summed E-state index contributed by atoms with van der Waals surface area (Å²) in [4.78, 5) is 20.9. The number of ether oxygens (including phenoxy) is 2. The van der Waals surface area contributed by atoms with Gasteiger partial charge in [0, 0.05) is 19.2 Å². The van der Waals surface area contributed by atoms with E-state index in [0.717, 1.165) is 6.54 Å². The van der Waals surface area contributed by atoms with E-state index in [-0.39, 0.29) is 17.5 Å². The van der Waals surface area contributed by atoms with E-state index in [1.165, 1.54) is 12.1 Å². The van der Waals surface area contributed by atoms with Crippen LogP contribution in [0.15, 0.2) is 18.2 Å². The molecule has 1 atom stereocenters. The Bertz CT molecular complexity index is 499. The van der Waals surface area contributed by atoms with Crippen molar-refractivity contribution in [2.75, 3.05) is 19.7 Å². The van der Waals surface area contributed by atoms with Gasteiger partial charge in [0.1, 0.15) is 0 Å². The van der Waals surface area contributed by atoms with E-state index in [9.17, 15) is 14.9 Å². The fourth-order valence-electron chi connectivity index (χ4n) is 1.85. The molecule has 8 nitrogen and oxygen atoms in total. The van der Waals surface area contributed by atoms with Crippen molar-refractivity contribution in [3.8, 4) is 5.75 Å². The molecule has 1 heterocycles. The first-order valence-electron chi connectivity index (χ1n) is 5.66. The minimum absolute atomic E-state index is 0.177. The van der Waals surface area contributed by atoms with Gasteiger partial charge in [0.05, 0.1) is 17.6 Å². The first-order chi connectivity index (χ1) is 9.08. The van der Waals surface area contributed by atoms with E-state index in [0.29, 0.717) is 18.7 Å². The highest BCUT2D eigenvalue weighted by Gasteiger charge is 2.22. The predicted molar refractivity (Wildman–Crippen MR) is 64.9 cm³/mol. The zero-order valence-electron chi connectivity index (χ0n) is 10.00. The van der Waals surface area contributed by atoms with Gasteiger partial charge in [-0.3, -0.25) is 10.1 Å². The lowest BCUT2D eigenvalue weighted by molar-refractivity contribution is -0.385. The normalized spacial score (nSPS) is 18.8. The summed E-state index contributed by atoms with van der Waals surface area (Å²) in [5, 5.41) is 14.0. The smallest absolute Gasteiger partial charge is 0.403 e. The van der Waals surface area contributed by atoms with Crippen molar-refractivity contribution in [1.29, 1.82) is 0 Å². The standard InChI is InChI=1S/C11H13N3O5/c12-11(15)19-9-5-7(1-2-8(9)14(16)17)10-6-13-3-4-18-10/h1-2,5,10,13H,3-4,6H2,(H2,12,15). The number of nitrogens with one attached hydrogen (secondary N) is 1. The van der Waals surface area contributed by atoms with E-state index in [1.54, 1.807) is 6.07 Å². The second-order valence-electron chi connectivity index (χ2n) is 3.97. The Morgan fingerprint density at radius 2 is 2.37 bits per heavy atom. The minimum atomic E-state index is -1.09. The van der Waals surface area contributed by atoms with Crippen molar-refractivity contribution < 1.29 is 19.2 Å². The molecular formula is C11H13N3O5. The van der Waals surface area contributed by atoms with Crippen LogP contribution in [-0.2, 0) is 4.74 Å². The lowest BCUT2D eigenvalue weighted by Crippen LogP contribution is -2.33. The molecule has 102 valence electrons. The van der Waals surface area contributed by atoms with Gasteiger partial charge in [-0.1, -0.05) is 0 Å². The van der Waals surface area contributed by atoms with Crippen molar-refractivity contribution >= 4 is 11.8 Å². The molecule has 0 bridgehead atoms. The van der Waals surface area contributed by atoms with Gasteiger partial charge >= 0.3 is 11.8 Å². The van der Waals surface area contributed by atoms with E-state index < -0.39 is 11.0 Å². The Morgan fingerprint density at radius 3 is 2.95 bits per heavy atom. The molecule has 0 saturated carbocycles. The van der Waals surface area contributed by atoms with Gasteiger partial charge in [0.15, 0.2) is 0 Å². The lowest BCUT2D eigenvalue weighted by atomic mass is 10.1. The molecule has 1 saturated heterocycles. The molecule has 1 fully saturated rings. The van der Waals surface area contributed by atoms with Gasteiger partial charge in [0.2, 0.25) is 5.75 Å². The summed E-state index contributed by atoms with van der Waals surface area (Å²) in [6.07, 6.45) is -1.33. The molecule has 3 N–H and O–H groups in total. The summed E-state index contributed by atoms with van der Waals surface area (Å²) in [5.74, 6) is -0.177. The summed E-state index contributed by atoms with van der Waals surface area (Å²) in [7, 11) is 0. The van der Waals surface area contributed by atoms with Crippen LogP contribution in [0, 0.1) is 10.1 Å². The molecule has 1 aliphatic rings. The monoisotopic (exact) mass is 267 g/mol. The average molecular weight is 267 g/mol. The minimum Gasteiger partial charge on any atom is -0.403 e. The summed E-state index contributed by atoms with van der Waals surface area (Å²) in [5.41, 5.74) is 5.27. The summed E-state index contributed by atoms with van der Waals surface area (Å²) >= 11 is 0. The lowest BCUT2D eigenvalue weighted by Gasteiger charge is -2.24. The van der Waals surface area contributed by atoms with Crippen LogP contribution in [0.25, 0.3) is 0 Å². The molecule has 1 aromatic carbocycles. The number of primary amides is 1. The molecule has 0 aliphatic carbocycles. The van der Waals surface area contributed by atoms with Crippen LogP contribution in [-0.4, -0.2) is 30.7 Å². The number of nitro benzene ring substituents is 1. The van der Waals surface area contributed by atoms with Crippen LogP contribution < -0.4 is 15.8 Å². The van der Waals surface area contributed by atoms with Crippen molar-refractivity contribution in [1.82, 2.24) is 5.32 Å².